The van der Waals surface area contributed by atoms with Gasteiger partial charge in [0.1, 0.15) is 17.2 Å². The lowest BCUT2D eigenvalue weighted by molar-refractivity contribution is 0.451. The lowest BCUT2D eigenvalue weighted by atomic mass is 10.2. The summed E-state index contributed by atoms with van der Waals surface area (Å²) in [6.07, 6.45) is 1.66. The zero-order chi connectivity index (χ0) is 11.4. The van der Waals surface area contributed by atoms with Crippen LogP contribution in [0.15, 0.2) is 53.5 Å². The predicted molar refractivity (Wildman–Crippen MR) is 63.5 cm³/mol. The third kappa shape index (κ3) is 2.39. The molecule has 0 amide bonds. The minimum atomic E-state index is -0.0350. The number of rotatable bonds is 2. The second-order valence-corrected chi connectivity index (χ2v) is 3.34. The standard InChI is InChI=1S/C13H11NO2/c15-11-6-7-12(13(16)8-11)14-9-10-4-2-1-3-5-10/h1-9,15-16H/b14-9+. The van der Waals surface area contributed by atoms with Gasteiger partial charge in [-0.1, -0.05) is 30.3 Å². The molecular weight excluding hydrogens is 202 g/mol. The van der Waals surface area contributed by atoms with Gasteiger partial charge >= 0.3 is 0 Å². The van der Waals surface area contributed by atoms with E-state index >= 15 is 0 Å². The summed E-state index contributed by atoms with van der Waals surface area (Å²) in [6, 6.07) is 13.9. The Hall–Kier alpha value is -2.29. The molecule has 80 valence electrons. The average Bonchev–Trinajstić information content (AvgIpc) is 2.29. The Balaban J connectivity index is 2.24. The van der Waals surface area contributed by atoms with Crippen LogP contribution in [0.2, 0.25) is 0 Å². The zero-order valence-electron chi connectivity index (χ0n) is 8.54. The fraction of sp³-hybridized carbons (Fsp3) is 0. The lowest BCUT2D eigenvalue weighted by Crippen LogP contribution is -1.78. The Morgan fingerprint density at radius 1 is 0.938 bits per heavy atom. The highest BCUT2D eigenvalue weighted by Crippen LogP contribution is 2.29. The number of hydrogen-bond acceptors (Lipinski definition) is 3. The second kappa shape index (κ2) is 4.49. The van der Waals surface area contributed by atoms with Crippen LogP contribution in [-0.4, -0.2) is 16.4 Å². The molecule has 0 aliphatic heterocycles. The SMILES string of the molecule is Oc1ccc(/N=C/c2ccccc2)c(O)c1. The summed E-state index contributed by atoms with van der Waals surface area (Å²) in [6.45, 7) is 0. The number of nitrogens with zero attached hydrogens (tertiary/aromatic N) is 1. The van der Waals surface area contributed by atoms with E-state index in [4.69, 9.17) is 5.11 Å². The van der Waals surface area contributed by atoms with Crippen molar-refractivity contribution in [1.82, 2.24) is 0 Å². The van der Waals surface area contributed by atoms with Crippen molar-refractivity contribution in [3.05, 3.63) is 54.1 Å². The molecule has 2 aromatic rings. The van der Waals surface area contributed by atoms with Crippen LogP contribution in [0.3, 0.4) is 0 Å². The molecular formula is C13H11NO2. The van der Waals surface area contributed by atoms with E-state index in [9.17, 15) is 5.11 Å². The van der Waals surface area contributed by atoms with Gasteiger partial charge in [0.2, 0.25) is 0 Å². The quantitative estimate of drug-likeness (QED) is 0.753. The molecule has 16 heavy (non-hydrogen) atoms. The van der Waals surface area contributed by atoms with Crippen LogP contribution >= 0.6 is 0 Å². The Morgan fingerprint density at radius 3 is 2.38 bits per heavy atom. The molecule has 0 aliphatic rings. The first-order chi connectivity index (χ1) is 7.75. The molecule has 3 heteroatoms. The van der Waals surface area contributed by atoms with Crippen LogP contribution in [0.25, 0.3) is 0 Å². The van der Waals surface area contributed by atoms with E-state index in [0.717, 1.165) is 5.56 Å². The molecule has 0 atom stereocenters. The highest BCUT2D eigenvalue weighted by molar-refractivity contribution is 5.82. The number of aromatic hydroxyl groups is 2. The van der Waals surface area contributed by atoms with Gasteiger partial charge < -0.3 is 10.2 Å². The normalized spacial score (nSPS) is 10.8. The van der Waals surface area contributed by atoms with E-state index in [1.165, 1.54) is 12.1 Å². The van der Waals surface area contributed by atoms with Crippen molar-refractivity contribution in [2.75, 3.05) is 0 Å². The summed E-state index contributed by atoms with van der Waals surface area (Å²) in [5.41, 5.74) is 1.39. The van der Waals surface area contributed by atoms with Gasteiger partial charge in [-0.2, -0.15) is 0 Å². The van der Waals surface area contributed by atoms with Crippen molar-refractivity contribution < 1.29 is 10.2 Å². The molecule has 2 rings (SSSR count). The molecule has 0 saturated heterocycles. The molecule has 3 nitrogen and oxygen atoms in total. The van der Waals surface area contributed by atoms with Crippen molar-refractivity contribution in [2.24, 2.45) is 4.99 Å². The van der Waals surface area contributed by atoms with Crippen LogP contribution in [0.1, 0.15) is 5.56 Å². The average molecular weight is 213 g/mol. The molecule has 2 N–H and O–H groups in total. The van der Waals surface area contributed by atoms with Gasteiger partial charge in [-0.15, -0.1) is 0 Å². The maximum Gasteiger partial charge on any atom is 0.144 e. The number of aliphatic imine (C=N–C) groups is 1. The Morgan fingerprint density at radius 2 is 1.69 bits per heavy atom. The summed E-state index contributed by atoms with van der Waals surface area (Å²) in [7, 11) is 0. The van der Waals surface area contributed by atoms with Crippen molar-refractivity contribution in [2.45, 2.75) is 0 Å². The number of phenols is 2. The van der Waals surface area contributed by atoms with Crippen LogP contribution in [0, 0.1) is 0 Å². The first-order valence-corrected chi connectivity index (χ1v) is 4.87. The van der Waals surface area contributed by atoms with Gasteiger partial charge in [-0.05, 0) is 17.7 Å². The first-order valence-electron chi connectivity index (χ1n) is 4.87. The Kier molecular flexibility index (Phi) is 2.87. The largest absolute Gasteiger partial charge is 0.508 e. The molecule has 0 fully saturated rings. The number of phenolic OH excluding ortho intramolecular Hbond substituents is 2. The van der Waals surface area contributed by atoms with Gasteiger partial charge in [0.15, 0.2) is 0 Å². The van der Waals surface area contributed by atoms with Crippen molar-refractivity contribution in [1.29, 1.82) is 0 Å². The molecule has 0 spiro atoms. The summed E-state index contributed by atoms with van der Waals surface area (Å²) < 4.78 is 0. The molecule has 0 aromatic heterocycles. The Labute approximate surface area is 93.3 Å². The van der Waals surface area contributed by atoms with E-state index in [-0.39, 0.29) is 11.5 Å². The summed E-state index contributed by atoms with van der Waals surface area (Å²) >= 11 is 0. The van der Waals surface area contributed by atoms with Gasteiger partial charge in [0.25, 0.3) is 0 Å². The minimum Gasteiger partial charge on any atom is -0.508 e. The first kappa shape index (κ1) is 10.2. The highest BCUT2D eigenvalue weighted by Gasteiger charge is 1.99. The van der Waals surface area contributed by atoms with Crippen molar-refractivity contribution >= 4 is 11.9 Å². The fourth-order valence-electron chi connectivity index (χ4n) is 1.30. The van der Waals surface area contributed by atoms with Gasteiger partial charge in [0, 0.05) is 12.3 Å². The smallest absolute Gasteiger partial charge is 0.144 e. The summed E-state index contributed by atoms with van der Waals surface area (Å²) in [4.78, 5) is 4.13. The second-order valence-electron chi connectivity index (χ2n) is 3.34. The molecule has 2 aromatic carbocycles. The molecule has 0 heterocycles. The molecule has 0 aliphatic carbocycles. The van der Waals surface area contributed by atoms with E-state index in [0.29, 0.717) is 5.69 Å². The maximum atomic E-state index is 9.50. The monoisotopic (exact) mass is 213 g/mol. The molecule has 0 unspecified atom stereocenters. The number of benzene rings is 2. The lowest BCUT2D eigenvalue weighted by Gasteiger charge is -1.98. The van der Waals surface area contributed by atoms with Crippen LogP contribution in [0.4, 0.5) is 5.69 Å². The van der Waals surface area contributed by atoms with E-state index < -0.39 is 0 Å². The Bertz CT molecular complexity index is 507. The van der Waals surface area contributed by atoms with Crippen LogP contribution in [0.5, 0.6) is 11.5 Å². The van der Waals surface area contributed by atoms with Gasteiger partial charge in [-0.25, -0.2) is 0 Å². The summed E-state index contributed by atoms with van der Waals surface area (Å²) in [5.74, 6) is -0.0108. The minimum absolute atomic E-state index is 0.0242. The maximum absolute atomic E-state index is 9.50. The van der Waals surface area contributed by atoms with E-state index in [1.807, 2.05) is 30.3 Å². The zero-order valence-corrected chi connectivity index (χ0v) is 8.54. The molecule has 0 saturated carbocycles. The molecule has 0 radical (unpaired) electrons. The molecule has 0 bridgehead atoms. The predicted octanol–water partition coefficient (Wildman–Crippen LogP) is 2.85. The van der Waals surface area contributed by atoms with Crippen LogP contribution < -0.4 is 0 Å². The van der Waals surface area contributed by atoms with E-state index in [1.54, 1.807) is 12.3 Å². The highest BCUT2D eigenvalue weighted by atomic mass is 16.3. The van der Waals surface area contributed by atoms with Crippen molar-refractivity contribution in [3.63, 3.8) is 0 Å². The topological polar surface area (TPSA) is 52.8 Å². The van der Waals surface area contributed by atoms with Gasteiger partial charge in [-0.3, -0.25) is 4.99 Å². The summed E-state index contributed by atoms with van der Waals surface area (Å²) in [5, 5.41) is 18.6. The van der Waals surface area contributed by atoms with E-state index in [2.05, 4.69) is 4.99 Å². The third-order valence-corrected chi connectivity index (χ3v) is 2.11. The number of hydrogen-bond donors (Lipinski definition) is 2. The fourth-order valence-corrected chi connectivity index (χ4v) is 1.30. The van der Waals surface area contributed by atoms with Gasteiger partial charge in [0.05, 0.1) is 0 Å². The van der Waals surface area contributed by atoms with Crippen molar-refractivity contribution in [3.8, 4) is 11.5 Å². The van der Waals surface area contributed by atoms with Crippen LogP contribution in [-0.2, 0) is 0 Å². The third-order valence-electron chi connectivity index (χ3n) is 2.11.